The van der Waals surface area contributed by atoms with E-state index in [4.69, 9.17) is 14.0 Å². The summed E-state index contributed by atoms with van der Waals surface area (Å²) in [5, 5.41) is 0. The maximum Gasteiger partial charge on any atom is 0.341 e. The van der Waals surface area contributed by atoms with Crippen molar-refractivity contribution in [1.29, 1.82) is 0 Å². The van der Waals surface area contributed by atoms with Crippen molar-refractivity contribution in [2.24, 2.45) is 0 Å². The van der Waals surface area contributed by atoms with Gasteiger partial charge in [0.25, 0.3) is 10.1 Å². The van der Waals surface area contributed by atoms with E-state index in [-0.39, 0.29) is 5.56 Å². The Morgan fingerprint density at radius 3 is 2.67 bits per heavy atom. The number of halogens is 1. The molecule has 0 aliphatic rings. The van der Waals surface area contributed by atoms with Gasteiger partial charge in [0, 0.05) is 4.47 Å². The van der Waals surface area contributed by atoms with Crippen LogP contribution in [0.3, 0.4) is 0 Å². The van der Waals surface area contributed by atoms with Gasteiger partial charge in [-0.2, -0.15) is 8.42 Å². The van der Waals surface area contributed by atoms with Gasteiger partial charge >= 0.3 is 5.97 Å². The quantitative estimate of drug-likeness (QED) is 0.646. The van der Waals surface area contributed by atoms with E-state index in [2.05, 4.69) is 15.9 Å². The summed E-state index contributed by atoms with van der Waals surface area (Å²) in [5.74, 6) is -1.05. The fourth-order valence-electron chi connectivity index (χ4n) is 1.15. The molecule has 0 spiro atoms. The molecule has 100 valence electrons. The van der Waals surface area contributed by atoms with Crippen molar-refractivity contribution in [3.63, 3.8) is 0 Å². The Morgan fingerprint density at radius 2 is 2.11 bits per heavy atom. The normalized spacial score (nSPS) is 11.1. The van der Waals surface area contributed by atoms with Crippen molar-refractivity contribution < 1.29 is 27.2 Å². The summed E-state index contributed by atoms with van der Waals surface area (Å²) in [6, 6.07) is 4.69. The number of benzene rings is 1. The molecule has 1 aromatic rings. The number of hydrogen-bond donors (Lipinski definition) is 1. The number of carbonyl (C=O) groups is 1. The number of rotatable bonds is 5. The lowest BCUT2D eigenvalue weighted by molar-refractivity contribution is 0.0524. The van der Waals surface area contributed by atoms with Gasteiger partial charge in [0.05, 0.1) is 7.11 Å². The molecule has 0 unspecified atom stereocenters. The number of ether oxygens (including phenoxy) is 2. The first-order chi connectivity index (χ1) is 8.33. The molecule has 0 radical (unpaired) electrons. The number of hydrogen-bond acceptors (Lipinski definition) is 5. The van der Waals surface area contributed by atoms with Gasteiger partial charge in [-0.05, 0) is 18.2 Å². The van der Waals surface area contributed by atoms with E-state index in [9.17, 15) is 13.2 Å². The predicted molar refractivity (Wildman–Crippen MR) is 67.4 cm³/mol. The minimum Gasteiger partial charge on any atom is -0.496 e. The van der Waals surface area contributed by atoms with Crippen molar-refractivity contribution in [3.8, 4) is 5.75 Å². The smallest absolute Gasteiger partial charge is 0.341 e. The maximum absolute atomic E-state index is 11.6. The molecule has 0 fully saturated rings. The van der Waals surface area contributed by atoms with E-state index >= 15 is 0 Å². The summed E-state index contributed by atoms with van der Waals surface area (Å²) >= 11 is 3.22. The fraction of sp³-hybridized carbons (Fsp3) is 0.300. The first-order valence-electron chi connectivity index (χ1n) is 4.79. The third kappa shape index (κ3) is 4.63. The highest BCUT2D eigenvalue weighted by molar-refractivity contribution is 9.10. The molecule has 8 heteroatoms. The lowest BCUT2D eigenvalue weighted by Gasteiger charge is -2.08. The van der Waals surface area contributed by atoms with Gasteiger partial charge in [-0.3, -0.25) is 4.55 Å². The van der Waals surface area contributed by atoms with Gasteiger partial charge in [-0.25, -0.2) is 4.79 Å². The van der Waals surface area contributed by atoms with Crippen LogP contribution in [0.1, 0.15) is 10.4 Å². The number of methoxy groups -OCH3 is 1. The second-order valence-corrected chi connectivity index (χ2v) is 5.75. The second kappa shape index (κ2) is 6.17. The summed E-state index contributed by atoms with van der Waals surface area (Å²) in [5.41, 5.74) is 0.177. The molecule has 0 bridgehead atoms. The lowest BCUT2D eigenvalue weighted by Crippen LogP contribution is -2.15. The van der Waals surface area contributed by atoms with Crippen LogP contribution in [0.4, 0.5) is 0 Å². The fourth-order valence-corrected chi connectivity index (χ4v) is 1.79. The lowest BCUT2D eigenvalue weighted by atomic mass is 10.2. The number of esters is 1. The molecule has 6 nitrogen and oxygen atoms in total. The first-order valence-corrected chi connectivity index (χ1v) is 7.19. The van der Waals surface area contributed by atoms with Crippen LogP contribution < -0.4 is 4.74 Å². The average Bonchev–Trinajstić information content (AvgIpc) is 2.26. The topological polar surface area (TPSA) is 89.9 Å². The zero-order chi connectivity index (χ0) is 13.8. The zero-order valence-electron chi connectivity index (χ0n) is 9.42. The predicted octanol–water partition coefficient (Wildman–Crippen LogP) is 1.50. The molecule has 0 saturated heterocycles. The van der Waals surface area contributed by atoms with Crippen LogP contribution in [-0.4, -0.2) is 38.4 Å². The maximum atomic E-state index is 11.6. The molecule has 0 saturated carbocycles. The summed E-state index contributed by atoms with van der Waals surface area (Å²) in [6.07, 6.45) is 0. The van der Waals surface area contributed by atoms with E-state index in [0.29, 0.717) is 5.75 Å². The Morgan fingerprint density at radius 1 is 1.44 bits per heavy atom. The van der Waals surface area contributed by atoms with Gasteiger partial charge in [0.1, 0.15) is 23.7 Å². The molecular formula is C10H11BrO6S. The summed E-state index contributed by atoms with van der Waals surface area (Å²) < 4.78 is 39.8. The highest BCUT2D eigenvalue weighted by Gasteiger charge is 2.15. The minimum absolute atomic E-state index is 0.177. The molecule has 1 aromatic carbocycles. The molecule has 0 amide bonds. The molecule has 1 N–H and O–H groups in total. The molecule has 18 heavy (non-hydrogen) atoms. The Bertz CT molecular complexity index is 539. The van der Waals surface area contributed by atoms with Gasteiger partial charge in [-0.15, -0.1) is 0 Å². The van der Waals surface area contributed by atoms with Crippen molar-refractivity contribution in [1.82, 2.24) is 0 Å². The standard InChI is InChI=1S/C10H11BrO6S/c1-16-9-6-7(11)2-3-8(9)10(12)17-4-5-18(13,14)15/h2-3,6H,4-5H2,1H3,(H,13,14,15). The third-order valence-corrected chi connectivity index (χ3v) is 3.13. The van der Waals surface area contributed by atoms with Gasteiger partial charge in [0.15, 0.2) is 0 Å². The molecule has 1 rings (SSSR count). The second-order valence-electron chi connectivity index (χ2n) is 3.27. The molecule has 0 aromatic heterocycles. The molecule has 0 aliphatic heterocycles. The highest BCUT2D eigenvalue weighted by Crippen LogP contribution is 2.24. The van der Waals surface area contributed by atoms with Crippen LogP contribution >= 0.6 is 15.9 Å². The summed E-state index contributed by atoms with van der Waals surface area (Å²) in [6.45, 7) is -0.420. The van der Waals surface area contributed by atoms with Crippen LogP contribution in [0, 0.1) is 0 Å². The van der Waals surface area contributed by atoms with Gasteiger partial charge in [0.2, 0.25) is 0 Å². The Kier molecular flexibility index (Phi) is 5.12. The van der Waals surface area contributed by atoms with Crippen LogP contribution in [0.15, 0.2) is 22.7 Å². The number of carbonyl (C=O) groups excluding carboxylic acids is 1. The van der Waals surface area contributed by atoms with Crippen molar-refractivity contribution >= 4 is 32.0 Å². The van der Waals surface area contributed by atoms with E-state index < -0.39 is 28.4 Å². The van der Waals surface area contributed by atoms with Gasteiger partial charge < -0.3 is 9.47 Å². The Hall–Kier alpha value is -1.12. The van der Waals surface area contributed by atoms with Crippen LogP contribution in [0.5, 0.6) is 5.75 Å². The van der Waals surface area contributed by atoms with Crippen LogP contribution in [-0.2, 0) is 14.9 Å². The SMILES string of the molecule is COc1cc(Br)ccc1C(=O)OCCS(=O)(=O)O. The van der Waals surface area contributed by atoms with E-state index in [0.717, 1.165) is 4.47 Å². The molecule has 0 heterocycles. The third-order valence-electron chi connectivity index (χ3n) is 1.96. The van der Waals surface area contributed by atoms with Crippen LogP contribution in [0.2, 0.25) is 0 Å². The molecule has 0 atom stereocenters. The Labute approximate surface area is 113 Å². The van der Waals surface area contributed by atoms with E-state index in [1.54, 1.807) is 12.1 Å². The monoisotopic (exact) mass is 338 g/mol. The minimum atomic E-state index is -4.14. The molecule has 0 aliphatic carbocycles. The molecular weight excluding hydrogens is 328 g/mol. The zero-order valence-corrected chi connectivity index (χ0v) is 11.8. The summed E-state index contributed by atoms with van der Waals surface area (Å²) in [7, 11) is -2.74. The van der Waals surface area contributed by atoms with E-state index in [1.807, 2.05) is 0 Å². The van der Waals surface area contributed by atoms with Crippen molar-refractivity contribution in [2.75, 3.05) is 19.5 Å². The largest absolute Gasteiger partial charge is 0.496 e. The van der Waals surface area contributed by atoms with E-state index in [1.165, 1.54) is 13.2 Å². The van der Waals surface area contributed by atoms with Crippen molar-refractivity contribution in [3.05, 3.63) is 28.2 Å². The average molecular weight is 339 g/mol. The first kappa shape index (κ1) is 14.9. The van der Waals surface area contributed by atoms with Crippen molar-refractivity contribution in [2.45, 2.75) is 0 Å². The van der Waals surface area contributed by atoms with Crippen LogP contribution in [0.25, 0.3) is 0 Å². The highest BCUT2D eigenvalue weighted by atomic mass is 79.9. The summed E-state index contributed by atoms with van der Waals surface area (Å²) in [4.78, 5) is 11.6. The Balaban J connectivity index is 2.73. The van der Waals surface area contributed by atoms with Gasteiger partial charge in [-0.1, -0.05) is 15.9 Å².